The molecule has 3 rings (SSSR count). The lowest BCUT2D eigenvalue weighted by Gasteiger charge is -2.06. The number of amides is 2. The number of ether oxygens (including phenoxy) is 1. The largest absolute Gasteiger partial charge is 0.462 e. The monoisotopic (exact) mass is 446 g/mol. The molecule has 30 heavy (non-hydrogen) atoms. The molecule has 0 fully saturated rings. The highest BCUT2D eigenvalue weighted by molar-refractivity contribution is 7.18. The van der Waals surface area contributed by atoms with Crippen LogP contribution in [0.1, 0.15) is 43.1 Å². The van der Waals surface area contributed by atoms with E-state index < -0.39 is 11.9 Å². The summed E-state index contributed by atoms with van der Waals surface area (Å²) in [7, 11) is 1.49. The van der Waals surface area contributed by atoms with Crippen LogP contribution in [0.2, 0.25) is 5.02 Å². The molecule has 2 heterocycles. The summed E-state index contributed by atoms with van der Waals surface area (Å²) in [5.41, 5.74) is 1.23. The molecule has 0 atom stereocenters. The Hall–Kier alpha value is -3.10. The number of nitrogens with one attached hydrogen (secondary N) is 2. The van der Waals surface area contributed by atoms with Gasteiger partial charge in [-0.2, -0.15) is 0 Å². The molecule has 0 unspecified atom stereocenters. The number of halogens is 1. The molecule has 0 radical (unpaired) electrons. The predicted octanol–water partition coefficient (Wildman–Crippen LogP) is 4.76. The van der Waals surface area contributed by atoms with Crippen molar-refractivity contribution in [3.8, 4) is 11.3 Å². The number of furan rings is 1. The van der Waals surface area contributed by atoms with E-state index in [2.05, 4.69) is 10.6 Å². The van der Waals surface area contributed by atoms with Crippen LogP contribution >= 0.6 is 22.9 Å². The summed E-state index contributed by atoms with van der Waals surface area (Å²) < 4.78 is 10.7. The third-order valence-electron chi connectivity index (χ3n) is 4.26. The number of rotatable bonds is 6. The van der Waals surface area contributed by atoms with E-state index in [0.717, 1.165) is 11.3 Å². The van der Waals surface area contributed by atoms with Crippen LogP contribution in [-0.4, -0.2) is 31.4 Å². The van der Waals surface area contributed by atoms with Crippen LogP contribution in [0.3, 0.4) is 0 Å². The molecule has 9 heteroatoms. The average molecular weight is 447 g/mol. The van der Waals surface area contributed by atoms with Gasteiger partial charge in [0.15, 0.2) is 5.76 Å². The van der Waals surface area contributed by atoms with Gasteiger partial charge in [0, 0.05) is 12.6 Å². The molecule has 0 bridgehead atoms. The molecule has 0 spiro atoms. The van der Waals surface area contributed by atoms with Gasteiger partial charge in [-0.1, -0.05) is 23.7 Å². The summed E-state index contributed by atoms with van der Waals surface area (Å²) in [4.78, 5) is 37.6. The number of hydrogen-bond donors (Lipinski definition) is 2. The van der Waals surface area contributed by atoms with Gasteiger partial charge in [-0.3, -0.25) is 9.59 Å². The van der Waals surface area contributed by atoms with E-state index in [0.29, 0.717) is 26.8 Å². The van der Waals surface area contributed by atoms with Gasteiger partial charge in [-0.25, -0.2) is 4.79 Å². The summed E-state index contributed by atoms with van der Waals surface area (Å²) in [5.74, 6) is -1.07. The second-order valence-corrected chi connectivity index (χ2v) is 7.59. The smallest absolute Gasteiger partial charge is 0.341 e. The molecular weight excluding hydrogens is 428 g/mol. The summed E-state index contributed by atoms with van der Waals surface area (Å²) >= 11 is 7.17. The molecule has 0 aliphatic rings. The predicted molar refractivity (Wildman–Crippen MR) is 116 cm³/mol. The fourth-order valence-corrected chi connectivity index (χ4v) is 4.18. The van der Waals surface area contributed by atoms with Crippen LogP contribution in [0, 0.1) is 6.92 Å². The number of carbonyl (C=O) groups excluding carboxylic acids is 3. The molecule has 2 N–H and O–H groups in total. The van der Waals surface area contributed by atoms with Crippen molar-refractivity contribution in [1.82, 2.24) is 5.32 Å². The lowest BCUT2D eigenvalue weighted by molar-refractivity contribution is 0.0527. The highest BCUT2D eigenvalue weighted by Crippen LogP contribution is 2.35. The first-order valence-corrected chi connectivity index (χ1v) is 10.3. The van der Waals surface area contributed by atoms with Gasteiger partial charge in [0.05, 0.1) is 22.1 Å². The summed E-state index contributed by atoms with van der Waals surface area (Å²) in [5, 5.41) is 5.89. The van der Waals surface area contributed by atoms with Crippen molar-refractivity contribution in [3.05, 3.63) is 63.2 Å². The van der Waals surface area contributed by atoms with E-state index >= 15 is 0 Å². The Labute approximate surface area is 182 Å². The lowest BCUT2D eigenvalue weighted by atomic mass is 10.1. The van der Waals surface area contributed by atoms with Crippen molar-refractivity contribution in [2.75, 3.05) is 19.0 Å². The highest BCUT2D eigenvalue weighted by Gasteiger charge is 2.27. The van der Waals surface area contributed by atoms with Crippen LogP contribution < -0.4 is 10.6 Å². The minimum Gasteiger partial charge on any atom is -0.462 e. The molecule has 2 aromatic heterocycles. The lowest BCUT2D eigenvalue weighted by Crippen LogP contribution is -2.18. The number of thiophene rings is 1. The Morgan fingerprint density at radius 3 is 2.53 bits per heavy atom. The van der Waals surface area contributed by atoms with E-state index in [4.69, 9.17) is 20.8 Å². The Morgan fingerprint density at radius 1 is 1.13 bits per heavy atom. The minimum absolute atomic E-state index is 0.0345. The Bertz CT molecular complexity index is 1120. The fourth-order valence-electron chi connectivity index (χ4n) is 2.81. The number of anilines is 1. The zero-order chi connectivity index (χ0) is 21.8. The molecule has 0 saturated heterocycles. The van der Waals surface area contributed by atoms with Crippen molar-refractivity contribution in [1.29, 1.82) is 0 Å². The van der Waals surface area contributed by atoms with E-state index in [-0.39, 0.29) is 28.8 Å². The second kappa shape index (κ2) is 9.15. The third kappa shape index (κ3) is 4.24. The van der Waals surface area contributed by atoms with Crippen LogP contribution in [0.15, 0.2) is 40.8 Å². The molecule has 0 aliphatic carbocycles. The topological polar surface area (TPSA) is 97.6 Å². The van der Waals surface area contributed by atoms with Crippen LogP contribution in [-0.2, 0) is 4.74 Å². The third-order valence-corrected chi connectivity index (χ3v) is 5.79. The summed E-state index contributed by atoms with van der Waals surface area (Å²) in [6.45, 7) is 3.47. The highest BCUT2D eigenvalue weighted by atomic mass is 35.5. The number of benzene rings is 1. The van der Waals surface area contributed by atoms with Crippen molar-refractivity contribution in [2.45, 2.75) is 13.8 Å². The Kier molecular flexibility index (Phi) is 6.59. The zero-order valence-electron chi connectivity index (χ0n) is 16.5. The Balaban J connectivity index is 1.92. The van der Waals surface area contributed by atoms with Gasteiger partial charge in [0.1, 0.15) is 10.8 Å². The molecule has 156 valence electrons. The molecule has 0 aliphatic heterocycles. The van der Waals surface area contributed by atoms with Crippen LogP contribution in [0.25, 0.3) is 11.3 Å². The summed E-state index contributed by atoms with van der Waals surface area (Å²) in [6, 6.07) is 10.3. The molecule has 7 nitrogen and oxygen atoms in total. The number of carbonyl (C=O) groups is 3. The number of hydrogen-bond acceptors (Lipinski definition) is 6. The number of esters is 1. The first-order valence-electron chi connectivity index (χ1n) is 9.06. The normalized spacial score (nSPS) is 10.5. The molecule has 0 saturated carbocycles. The van der Waals surface area contributed by atoms with Crippen molar-refractivity contribution < 1.29 is 23.5 Å². The van der Waals surface area contributed by atoms with E-state index in [9.17, 15) is 14.4 Å². The van der Waals surface area contributed by atoms with Gasteiger partial charge < -0.3 is 19.8 Å². The zero-order valence-corrected chi connectivity index (χ0v) is 18.1. The van der Waals surface area contributed by atoms with Gasteiger partial charge >= 0.3 is 5.97 Å². The average Bonchev–Trinajstić information content (AvgIpc) is 3.33. The maximum atomic E-state index is 12.8. The maximum absolute atomic E-state index is 12.8. The molecule has 1 aromatic carbocycles. The first kappa shape index (κ1) is 21.6. The van der Waals surface area contributed by atoms with Gasteiger partial charge in [-0.05, 0) is 43.7 Å². The molecule has 2 amide bonds. The molecular formula is C21H19ClN2O5S. The van der Waals surface area contributed by atoms with Crippen LogP contribution in [0.4, 0.5) is 5.00 Å². The van der Waals surface area contributed by atoms with Gasteiger partial charge in [-0.15, -0.1) is 11.3 Å². The van der Waals surface area contributed by atoms with Gasteiger partial charge in [0.2, 0.25) is 0 Å². The minimum atomic E-state index is -0.618. The van der Waals surface area contributed by atoms with Crippen molar-refractivity contribution >= 4 is 45.7 Å². The van der Waals surface area contributed by atoms with Crippen molar-refractivity contribution in [3.63, 3.8) is 0 Å². The van der Waals surface area contributed by atoms with Gasteiger partial charge in [0.25, 0.3) is 11.8 Å². The second-order valence-electron chi connectivity index (χ2n) is 6.16. The quantitative estimate of drug-likeness (QED) is 0.532. The summed E-state index contributed by atoms with van der Waals surface area (Å²) in [6.07, 6.45) is 0. The molecule has 3 aromatic rings. The van der Waals surface area contributed by atoms with E-state index in [1.165, 1.54) is 13.1 Å². The Morgan fingerprint density at radius 2 is 1.87 bits per heavy atom. The van der Waals surface area contributed by atoms with Crippen molar-refractivity contribution in [2.24, 2.45) is 0 Å². The van der Waals surface area contributed by atoms with E-state index in [1.54, 1.807) is 38.1 Å². The first-order chi connectivity index (χ1) is 14.4. The fraction of sp³-hybridized carbons (Fsp3) is 0.190. The maximum Gasteiger partial charge on any atom is 0.341 e. The SMILES string of the molecule is CCOC(=O)c1c(NC(=O)c2ccc(-c3ccccc3Cl)o2)sc(C(=O)NC)c1C. The standard InChI is InChI=1S/C21H19ClN2O5S/c1-4-28-21(27)16-11(2)17(19(26)23-3)30-20(16)24-18(25)15-10-9-14(29-15)12-7-5-6-8-13(12)22/h5-10H,4H2,1-3H3,(H,23,26)(H,24,25). The van der Waals surface area contributed by atoms with Crippen LogP contribution in [0.5, 0.6) is 0 Å². The van der Waals surface area contributed by atoms with E-state index in [1.807, 2.05) is 6.07 Å².